The van der Waals surface area contributed by atoms with Gasteiger partial charge in [-0.05, 0) is 43.7 Å². The van der Waals surface area contributed by atoms with Gasteiger partial charge in [-0.1, -0.05) is 29.0 Å². The fourth-order valence-corrected chi connectivity index (χ4v) is 3.42. The molecule has 23 heavy (non-hydrogen) atoms. The molecular weight excluding hydrogens is 352 g/mol. The van der Waals surface area contributed by atoms with Gasteiger partial charge in [0.05, 0.1) is 21.5 Å². The van der Waals surface area contributed by atoms with E-state index in [1.807, 2.05) is 44.4 Å². The molecule has 2 aromatic rings. The fraction of sp³-hybridized carbons (Fsp3) is 0.375. The lowest BCUT2D eigenvalue weighted by Crippen LogP contribution is -2.48. The Balaban J connectivity index is 2.06. The highest BCUT2D eigenvalue weighted by Gasteiger charge is 2.20. The molecule has 0 spiro atoms. The number of rotatable bonds is 6. The maximum absolute atomic E-state index is 6.28. The van der Waals surface area contributed by atoms with Gasteiger partial charge in [0.2, 0.25) is 0 Å². The second-order valence-corrected chi connectivity index (χ2v) is 7.40. The number of hydrogen-bond donors (Lipinski definition) is 1. The van der Waals surface area contributed by atoms with Crippen molar-refractivity contribution in [3.8, 4) is 5.75 Å². The molecular formula is C16H19ClN2O2S2. The third-order valence-corrected chi connectivity index (χ3v) is 4.90. The van der Waals surface area contributed by atoms with Gasteiger partial charge in [-0.25, -0.2) is 0 Å². The summed E-state index contributed by atoms with van der Waals surface area (Å²) in [6.07, 6.45) is 1.35. The Morgan fingerprint density at radius 3 is 2.91 bits per heavy atom. The Kier molecular flexibility index (Phi) is 5.84. The minimum absolute atomic E-state index is 0.299. The number of nitrogens with one attached hydrogen (secondary N) is 1. The highest BCUT2D eigenvalue weighted by molar-refractivity contribution is 7.80. The molecule has 0 bridgehead atoms. The zero-order valence-corrected chi connectivity index (χ0v) is 15.8. The van der Waals surface area contributed by atoms with Crippen LogP contribution in [0.2, 0.25) is 5.02 Å². The monoisotopic (exact) mass is 370 g/mol. The smallest absolute Gasteiger partial charge is 0.146 e. The topological polar surface area (TPSA) is 42.8 Å². The van der Waals surface area contributed by atoms with Crippen LogP contribution in [-0.2, 0) is 4.84 Å². The van der Waals surface area contributed by atoms with Gasteiger partial charge in [-0.15, -0.1) is 11.3 Å². The van der Waals surface area contributed by atoms with Gasteiger partial charge < -0.3 is 14.9 Å². The van der Waals surface area contributed by atoms with Gasteiger partial charge in [0.15, 0.2) is 0 Å². The normalized spacial score (nSPS) is 13.3. The lowest BCUT2D eigenvalue weighted by Gasteiger charge is -2.26. The first-order valence-corrected chi connectivity index (χ1v) is 8.72. The van der Waals surface area contributed by atoms with Crippen molar-refractivity contribution in [2.75, 3.05) is 7.11 Å². The number of thiophene rings is 1. The van der Waals surface area contributed by atoms with E-state index >= 15 is 0 Å². The minimum Gasteiger partial charge on any atom is -0.484 e. The zero-order valence-electron chi connectivity index (χ0n) is 13.4. The molecule has 0 saturated carbocycles. The van der Waals surface area contributed by atoms with E-state index in [0.717, 1.165) is 10.1 Å². The number of ether oxygens (including phenoxy) is 1. The van der Waals surface area contributed by atoms with Crippen LogP contribution in [0.1, 0.15) is 20.8 Å². The van der Waals surface area contributed by atoms with Crippen molar-refractivity contribution in [1.82, 2.24) is 5.32 Å². The Bertz CT molecular complexity index is 728. The van der Waals surface area contributed by atoms with E-state index in [0.29, 0.717) is 15.8 Å². The molecule has 1 atom stereocenters. The molecule has 0 aliphatic heterocycles. The second kappa shape index (κ2) is 7.47. The van der Waals surface area contributed by atoms with Gasteiger partial charge in [-0.3, -0.25) is 0 Å². The van der Waals surface area contributed by atoms with Crippen LogP contribution in [0.25, 0.3) is 10.1 Å². The van der Waals surface area contributed by atoms with Crippen LogP contribution < -0.4 is 10.1 Å². The SMILES string of the molecule is CON=CC(C)(C)NC(=S)C(C)Oc1cc(Cl)c2sccc2c1. The Morgan fingerprint density at radius 2 is 2.22 bits per heavy atom. The van der Waals surface area contributed by atoms with Crippen molar-refractivity contribution in [2.24, 2.45) is 5.16 Å². The highest BCUT2D eigenvalue weighted by Crippen LogP contribution is 2.33. The largest absolute Gasteiger partial charge is 0.484 e. The summed E-state index contributed by atoms with van der Waals surface area (Å²) in [5.74, 6) is 0.695. The summed E-state index contributed by atoms with van der Waals surface area (Å²) in [6, 6.07) is 5.80. The standard InChI is InChI=1S/C16H19ClN2O2S2/c1-10(15(22)19-16(2,3)9-18-20-4)21-12-7-11-5-6-23-14(11)13(17)8-12/h5-10H,1-4H3,(H,19,22). The maximum atomic E-state index is 6.28. The number of halogens is 1. The van der Waals surface area contributed by atoms with Crippen molar-refractivity contribution in [3.05, 3.63) is 28.6 Å². The van der Waals surface area contributed by atoms with Gasteiger partial charge in [0.25, 0.3) is 0 Å². The van der Waals surface area contributed by atoms with E-state index in [2.05, 4.69) is 10.5 Å². The third-order valence-electron chi connectivity index (χ3n) is 3.09. The first kappa shape index (κ1) is 18.0. The van der Waals surface area contributed by atoms with E-state index in [-0.39, 0.29) is 6.10 Å². The quantitative estimate of drug-likeness (QED) is 0.456. The van der Waals surface area contributed by atoms with Crippen molar-refractivity contribution < 1.29 is 9.57 Å². The lowest BCUT2D eigenvalue weighted by atomic mass is 10.1. The average molecular weight is 371 g/mol. The molecule has 1 N–H and O–H groups in total. The van der Waals surface area contributed by atoms with E-state index < -0.39 is 5.54 Å². The molecule has 1 aromatic heterocycles. The van der Waals surface area contributed by atoms with Crippen molar-refractivity contribution in [2.45, 2.75) is 32.4 Å². The Labute approximate surface area is 150 Å². The van der Waals surface area contributed by atoms with E-state index in [4.69, 9.17) is 33.4 Å². The predicted octanol–water partition coefficient (Wildman–Crippen LogP) is 4.65. The third kappa shape index (κ3) is 4.80. The molecule has 0 fully saturated rings. The second-order valence-electron chi connectivity index (χ2n) is 5.63. The minimum atomic E-state index is -0.431. The summed E-state index contributed by atoms with van der Waals surface area (Å²) in [4.78, 5) is 5.29. The van der Waals surface area contributed by atoms with E-state index in [1.165, 1.54) is 7.11 Å². The molecule has 124 valence electrons. The summed E-state index contributed by atoms with van der Waals surface area (Å²) in [5.41, 5.74) is -0.431. The van der Waals surface area contributed by atoms with Gasteiger partial charge in [0, 0.05) is 6.07 Å². The molecule has 1 heterocycles. The van der Waals surface area contributed by atoms with Crippen LogP contribution in [-0.4, -0.2) is 30.0 Å². The van der Waals surface area contributed by atoms with E-state index in [9.17, 15) is 0 Å². The summed E-state index contributed by atoms with van der Waals surface area (Å²) < 4.78 is 6.99. The summed E-state index contributed by atoms with van der Waals surface area (Å²) in [7, 11) is 1.50. The van der Waals surface area contributed by atoms with Crippen molar-refractivity contribution >= 4 is 56.4 Å². The molecule has 0 aliphatic rings. The molecule has 4 nitrogen and oxygen atoms in total. The first-order valence-electron chi connectivity index (χ1n) is 7.05. The van der Waals surface area contributed by atoms with Crippen molar-refractivity contribution in [3.63, 3.8) is 0 Å². The number of oxime groups is 1. The number of hydrogen-bond acceptors (Lipinski definition) is 5. The molecule has 0 saturated heterocycles. The number of benzene rings is 1. The number of nitrogens with zero attached hydrogens (tertiary/aromatic N) is 1. The Morgan fingerprint density at radius 1 is 1.48 bits per heavy atom. The zero-order chi connectivity index (χ0) is 17.0. The first-order chi connectivity index (χ1) is 10.8. The summed E-state index contributed by atoms with van der Waals surface area (Å²) >= 11 is 13.3. The van der Waals surface area contributed by atoms with Gasteiger partial charge in [0.1, 0.15) is 24.0 Å². The van der Waals surface area contributed by atoms with Crippen LogP contribution in [0.3, 0.4) is 0 Å². The fourth-order valence-electron chi connectivity index (χ4n) is 1.97. The molecule has 7 heteroatoms. The maximum Gasteiger partial charge on any atom is 0.146 e. The van der Waals surface area contributed by atoms with Crippen LogP contribution in [0, 0.1) is 0 Å². The van der Waals surface area contributed by atoms with E-state index in [1.54, 1.807) is 17.6 Å². The lowest BCUT2D eigenvalue weighted by molar-refractivity contribution is 0.212. The predicted molar refractivity (Wildman–Crippen MR) is 102 cm³/mol. The Hall–Kier alpha value is -1.37. The molecule has 1 aromatic carbocycles. The molecule has 2 rings (SSSR count). The average Bonchev–Trinajstić information content (AvgIpc) is 2.93. The summed E-state index contributed by atoms with van der Waals surface area (Å²) in [6.45, 7) is 5.79. The number of fused-ring (bicyclic) bond motifs is 1. The molecule has 0 aliphatic carbocycles. The van der Waals surface area contributed by atoms with Crippen LogP contribution >= 0.6 is 35.2 Å². The number of thiocarbonyl (C=S) groups is 1. The van der Waals surface area contributed by atoms with Crippen LogP contribution in [0.5, 0.6) is 5.75 Å². The van der Waals surface area contributed by atoms with Crippen LogP contribution in [0.4, 0.5) is 0 Å². The highest BCUT2D eigenvalue weighted by atomic mass is 35.5. The van der Waals surface area contributed by atoms with Crippen LogP contribution in [0.15, 0.2) is 28.7 Å². The van der Waals surface area contributed by atoms with Gasteiger partial charge in [-0.2, -0.15) is 0 Å². The van der Waals surface area contributed by atoms with Gasteiger partial charge >= 0.3 is 0 Å². The summed E-state index contributed by atoms with van der Waals surface area (Å²) in [5, 5.41) is 10.7. The molecule has 0 radical (unpaired) electrons. The molecule has 0 amide bonds. The molecule has 1 unspecified atom stereocenters. The van der Waals surface area contributed by atoms with Crippen molar-refractivity contribution in [1.29, 1.82) is 0 Å².